The lowest BCUT2D eigenvalue weighted by molar-refractivity contribution is -0.115. The van der Waals surface area contributed by atoms with Crippen LogP contribution in [0.15, 0.2) is 58.4 Å². The molecule has 27 heavy (non-hydrogen) atoms. The topological polar surface area (TPSA) is 53.9 Å². The largest absolute Gasteiger partial charge is 0.378 e. The van der Waals surface area contributed by atoms with Gasteiger partial charge in [0, 0.05) is 18.8 Å². The minimum Gasteiger partial charge on any atom is -0.378 e. The number of hydrogen-bond donors (Lipinski definition) is 1. The number of aliphatic imine (C=N–C) groups is 1. The summed E-state index contributed by atoms with van der Waals surface area (Å²) in [6.45, 7) is 5.39. The summed E-state index contributed by atoms with van der Waals surface area (Å²) in [6.07, 6.45) is 1.90. The quantitative estimate of drug-likeness (QED) is 0.826. The molecule has 1 amide bonds. The molecule has 0 atom stereocenters. The van der Waals surface area contributed by atoms with Crippen LogP contribution in [0.25, 0.3) is 6.08 Å². The molecule has 0 unspecified atom stereocenters. The summed E-state index contributed by atoms with van der Waals surface area (Å²) in [6, 6.07) is 16.2. The standard InChI is InChI=1S/C21H21N3O2S/c1-15-3-2-4-17(13-15)22-21-23-20(25)19(27-21)14-16-5-7-18(8-6-16)24-9-11-26-12-10-24/h2-8,13-14H,9-12H2,1H3,(H,22,23,25). The minimum absolute atomic E-state index is 0.108. The Hall–Kier alpha value is -2.57. The Morgan fingerprint density at radius 2 is 1.93 bits per heavy atom. The molecule has 2 aromatic rings. The number of nitrogens with one attached hydrogen (secondary N) is 1. The zero-order valence-electron chi connectivity index (χ0n) is 15.1. The molecular weight excluding hydrogens is 358 g/mol. The summed E-state index contributed by atoms with van der Waals surface area (Å²) in [5.41, 5.74) is 4.17. The number of anilines is 1. The first-order valence-electron chi connectivity index (χ1n) is 8.96. The molecule has 0 radical (unpaired) electrons. The van der Waals surface area contributed by atoms with Gasteiger partial charge in [-0.3, -0.25) is 4.79 Å². The average Bonchev–Trinajstić information content (AvgIpc) is 3.02. The molecule has 5 nitrogen and oxygen atoms in total. The summed E-state index contributed by atoms with van der Waals surface area (Å²) in [4.78, 5) is 19.7. The molecular formula is C21H21N3O2S. The first-order valence-corrected chi connectivity index (χ1v) is 9.78. The second-order valence-corrected chi connectivity index (χ2v) is 7.54. The number of rotatable bonds is 3. The number of nitrogens with zero attached hydrogens (tertiary/aromatic N) is 2. The predicted octanol–water partition coefficient (Wildman–Crippen LogP) is 3.72. The molecule has 0 aliphatic carbocycles. The van der Waals surface area contributed by atoms with Gasteiger partial charge in [-0.05, 0) is 60.2 Å². The van der Waals surface area contributed by atoms with E-state index in [9.17, 15) is 4.79 Å². The maximum absolute atomic E-state index is 12.3. The predicted molar refractivity (Wildman–Crippen MR) is 111 cm³/mol. The van der Waals surface area contributed by atoms with Crippen LogP contribution in [-0.2, 0) is 9.53 Å². The highest BCUT2D eigenvalue weighted by Crippen LogP contribution is 2.28. The van der Waals surface area contributed by atoms with E-state index in [1.54, 1.807) is 0 Å². The fourth-order valence-corrected chi connectivity index (χ4v) is 3.89. The highest BCUT2D eigenvalue weighted by atomic mass is 32.2. The highest BCUT2D eigenvalue weighted by molar-refractivity contribution is 8.18. The molecule has 138 valence electrons. The summed E-state index contributed by atoms with van der Waals surface area (Å²) in [7, 11) is 0. The molecule has 0 saturated carbocycles. The molecule has 6 heteroatoms. The lowest BCUT2D eigenvalue weighted by Crippen LogP contribution is -2.36. The lowest BCUT2D eigenvalue weighted by Gasteiger charge is -2.28. The van der Waals surface area contributed by atoms with E-state index in [4.69, 9.17) is 4.74 Å². The van der Waals surface area contributed by atoms with Gasteiger partial charge in [-0.1, -0.05) is 24.3 Å². The molecule has 1 N–H and O–H groups in total. The number of morpholine rings is 1. The monoisotopic (exact) mass is 379 g/mol. The number of thioether (sulfide) groups is 1. The van der Waals surface area contributed by atoms with E-state index < -0.39 is 0 Å². The van der Waals surface area contributed by atoms with E-state index in [1.165, 1.54) is 17.4 Å². The summed E-state index contributed by atoms with van der Waals surface area (Å²) in [5, 5.41) is 3.45. The van der Waals surface area contributed by atoms with Gasteiger partial charge in [0.25, 0.3) is 5.91 Å². The number of carbonyl (C=O) groups excluding carboxylic acids is 1. The van der Waals surface area contributed by atoms with Crippen molar-refractivity contribution in [3.05, 3.63) is 64.6 Å². The average molecular weight is 379 g/mol. The molecule has 0 spiro atoms. The van der Waals surface area contributed by atoms with E-state index in [1.807, 2.05) is 49.4 Å². The SMILES string of the molecule is Cc1cccc(N=C2NC(=O)C(=Cc3ccc(N4CCOCC4)cc3)S2)c1. The van der Waals surface area contributed by atoms with Gasteiger partial charge in [-0.2, -0.15) is 0 Å². The number of amides is 1. The van der Waals surface area contributed by atoms with Crippen molar-refractivity contribution in [1.82, 2.24) is 5.32 Å². The smallest absolute Gasteiger partial charge is 0.264 e. The van der Waals surface area contributed by atoms with Crippen molar-refractivity contribution in [3.63, 3.8) is 0 Å². The Morgan fingerprint density at radius 1 is 1.15 bits per heavy atom. The molecule has 0 aromatic heterocycles. The number of amidine groups is 1. The zero-order chi connectivity index (χ0) is 18.6. The van der Waals surface area contributed by atoms with Crippen molar-refractivity contribution in [2.24, 2.45) is 4.99 Å². The minimum atomic E-state index is -0.108. The van der Waals surface area contributed by atoms with Gasteiger partial charge < -0.3 is 15.0 Å². The second-order valence-electron chi connectivity index (χ2n) is 6.51. The molecule has 4 rings (SSSR count). The van der Waals surface area contributed by atoms with Crippen LogP contribution >= 0.6 is 11.8 Å². The third-order valence-electron chi connectivity index (χ3n) is 4.45. The number of ether oxygens (including phenoxy) is 1. The van der Waals surface area contributed by atoms with Crippen molar-refractivity contribution in [1.29, 1.82) is 0 Å². The number of benzene rings is 2. The maximum Gasteiger partial charge on any atom is 0.264 e. The van der Waals surface area contributed by atoms with E-state index in [2.05, 4.69) is 27.3 Å². The molecule has 2 heterocycles. The number of hydrogen-bond acceptors (Lipinski definition) is 5. The Balaban J connectivity index is 1.48. The van der Waals surface area contributed by atoms with E-state index in [0.717, 1.165) is 43.1 Å². The van der Waals surface area contributed by atoms with Crippen molar-refractivity contribution in [3.8, 4) is 0 Å². The third kappa shape index (κ3) is 4.40. The Labute approximate surface area is 163 Å². The second kappa shape index (κ2) is 7.98. The van der Waals surface area contributed by atoms with Gasteiger partial charge in [-0.25, -0.2) is 4.99 Å². The highest BCUT2D eigenvalue weighted by Gasteiger charge is 2.23. The summed E-state index contributed by atoms with van der Waals surface area (Å²) in [5.74, 6) is -0.108. The molecule has 2 aliphatic rings. The van der Waals surface area contributed by atoms with Gasteiger partial charge in [0.15, 0.2) is 5.17 Å². The molecule has 2 aliphatic heterocycles. The molecule has 2 saturated heterocycles. The molecule has 2 fully saturated rings. The fourth-order valence-electron chi connectivity index (χ4n) is 3.05. The van der Waals surface area contributed by atoms with Crippen LogP contribution < -0.4 is 10.2 Å². The van der Waals surface area contributed by atoms with Crippen molar-refractivity contribution in [2.75, 3.05) is 31.2 Å². The van der Waals surface area contributed by atoms with Crippen molar-refractivity contribution >= 4 is 40.3 Å². The van der Waals surface area contributed by atoms with Crippen LogP contribution in [0.3, 0.4) is 0 Å². The van der Waals surface area contributed by atoms with Crippen molar-refractivity contribution in [2.45, 2.75) is 6.92 Å². The maximum atomic E-state index is 12.3. The van der Waals surface area contributed by atoms with Gasteiger partial charge >= 0.3 is 0 Å². The van der Waals surface area contributed by atoms with Crippen LogP contribution in [0.1, 0.15) is 11.1 Å². The van der Waals surface area contributed by atoms with Crippen molar-refractivity contribution < 1.29 is 9.53 Å². The fraction of sp³-hybridized carbons (Fsp3) is 0.238. The van der Waals surface area contributed by atoms with E-state index in [-0.39, 0.29) is 5.91 Å². The van der Waals surface area contributed by atoms with Gasteiger partial charge in [0.2, 0.25) is 0 Å². The number of carbonyl (C=O) groups is 1. The van der Waals surface area contributed by atoms with Crippen LogP contribution in [-0.4, -0.2) is 37.4 Å². The normalized spacial score (nSPS) is 20.3. The summed E-state index contributed by atoms with van der Waals surface area (Å²) < 4.78 is 5.39. The first-order chi connectivity index (χ1) is 13.2. The Kier molecular flexibility index (Phi) is 5.27. The van der Waals surface area contributed by atoms with Gasteiger partial charge in [0.05, 0.1) is 23.8 Å². The number of aryl methyl sites for hydroxylation is 1. The Bertz CT molecular complexity index is 900. The van der Waals surface area contributed by atoms with E-state index in [0.29, 0.717) is 10.1 Å². The summed E-state index contributed by atoms with van der Waals surface area (Å²) >= 11 is 1.37. The van der Waals surface area contributed by atoms with Crippen LogP contribution in [0, 0.1) is 6.92 Å². The third-order valence-corrected chi connectivity index (χ3v) is 5.36. The van der Waals surface area contributed by atoms with Gasteiger partial charge in [0.1, 0.15) is 0 Å². The zero-order valence-corrected chi connectivity index (χ0v) is 16.0. The molecule has 0 bridgehead atoms. The first kappa shape index (κ1) is 17.8. The van der Waals surface area contributed by atoms with Crippen LogP contribution in [0.4, 0.5) is 11.4 Å². The van der Waals surface area contributed by atoms with Gasteiger partial charge in [-0.15, -0.1) is 0 Å². The van der Waals surface area contributed by atoms with Crippen LogP contribution in [0.5, 0.6) is 0 Å². The van der Waals surface area contributed by atoms with E-state index >= 15 is 0 Å². The lowest BCUT2D eigenvalue weighted by atomic mass is 10.1. The Morgan fingerprint density at radius 3 is 2.67 bits per heavy atom. The molecule has 2 aromatic carbocycles. The van der Waals surface area contributed by atoms with Crippen LogP contribution in [0.2, 0.25) is 0 Å².